The average molecular weight is 334 g/mol. The first-order chi connectivity index (χ1) is 11.2. The van der Waals surface area contributed by atoms with Gasteiger partial charge in [-0.2, -0.15) is 0 Å². The summed E-state index contributed by atoms with van der Waals surface area (Å²) in [7, 11) is 1.42. The van der Waals surface area contributed by atoms with Crippen molar-refractivity contribution in [1.29, 1.82) is 0 Å². The summed E-state index contributed by atoms with van der Waals surface area (Å²) >= 11 is 0. The van der Waals surface area contributed by atoms with E-state index in [-0.39, 0.29) is 18.4 Å². The molecule has 1 fully saturated rings. The fourth-order valence-corrected chi connectivity index (χ4v) is 1.95. The van der Waals surface area contributed by atoms with Crippen molar-refractivity contribution in [3.05, 3.63) is 24.3 Å². The molecule has 1 aliphatic carbocycles. The molecule has 130 valence electrons. The van der Waals surface area contributed by atoms with Crippen LogP contribution in [0, 0.1) is 5.92 Å². The molecule has 2 N–H and O–H groups in total. The molecule has 7 nitrogen and oxygen atoms in total. The predicted octanol–water partition coefficient (Wildman–Crippen LogP) is 1.74. The van der Waals surface area contributed by atoms with Gasteiger partial charge in [0.05, 0.1) is 0 Å². The number of ether oxygens (including phenoxy) is 1. The second-order valence-electron chi connectivity index (χ2n) is 6.40. The predicted molar refractivity (Wildman–Crippen MR) is 87.8 cm³/mol. The lowest BCUT2D eigenvalue weighted by atomic mass is 10.0. The number of carboxylic acid groups (broad SMARTS) is 1. The van der Waals surface area contributed by atoms with Crippen LogP contribution in [-0.2, 0) is 14.4 Å². The number of hydrogen-bond donors (Lipinski definition) is 2. The van der Waals surface area contributed by atoms with Gasteiger partial charge in [0.2, 0.25) is 5.91 Å². The number of nitrogens with one attached hydrogen (secondary N) is 1. The number of anilines is 1. The Hall–Kier alpha value is -2.57. The molecule has 1 aliphatic rings. The summed E-state index contributed by atoms with van der Waals surface area (Å²) in [5.74, 6) is -1.02. The molecule has 0 bridgehead atoms. The normalized spacial score (nSPS) is 14.0. The van der Waals surface area contributed by atoms with Crippen molar-refractivity contribution in [2.24, 2.45) is 5.92 Å². The largest absolute Gasteiger partial charge is 0.484 e. The molecule has 0 unspecified atom stereocenters. The average Bonchev–Trinajstić information content (AvgIpc) is 3.37. The molecular weight excluding hydrogens is 312 g/mol. The standard InChI is InChI=1S/C17H22N2O5/c1-17(2,16(22)23)19(3)14(20)10-24-13-6-4-5-12(9-13)18-15(21)11-7-8-11/h4-6,9,11H,7-8,10H2,1-3H3,(H,18,21)(H,22,23). The van der Waals surface area contributed by atoms with Gasteiger partial charge in [-0.3, -0.25) is 9.59 Å². The minimum Gasteiger partial charge on any atom is -0.484 e. The summed E-state index contributed by atoms with van der Waals surface area (Å²) in [6, 6.07) is 6.76. The summed E-state index contributed by atoms with van der Waals surface area (Å²) in [4.78, 5) is 36.1. The first kappa shape index (κ1) is 17.8. The van der Waals surface area contributed by atoms with Crippen LogP contribution in [0.4, 0.5) is 5.69 Å². The molecule has 2 amide bonds. The van der Waals surface area contributed by atoms with Gasteiger partial charge in [-0.25, -0.2) is 4.79 Å². The molecule has 0 aromatic heterocycles. The molecule has 0 heterocycles. The minimum atomic E-state index is -1.32. The number of likely N-dealkylation sites (N-methyl/N-ethyl adjacent to an activating group) is 1. The van der Waals surface area contributed by atoms with Crippen molar-refractivity contribution in [3.8, 4) is 5.75 Å². The van der Waals surface area contributed by atoms with Crippen LogP contribution in [0.2, 0.25) is 0 Å². The van der Waals surface area contributed by atoms with Crippen molar-refractivity contribution in [3.63, 3.8) is 0 Å². The van der Waals surface area contributed by atoms with Crippen LogP contribution in [0.25, 0.3) is 0 Å². The van der Waals surface area contributed by atoms with Crippen molar-refractivity contribution in [2.75, 3.05) is 19.0 Å². The van der Waals surface area contributed by atoms with Gasteiger partial charge in [0.25, 0.3) is 5.91 Å². The van der Waals surface area contributed by atoms with Gasteiger partial charge in [0.15, 0.2) is 6.61 Å². The number of nitrogens with zero attached hydrogens (tertiary/aromatic N) is 1. The molecule has 0 spiro atoms. The van der Waals surface area contributed by atoms with Crippen LogP contribution in [0.1, 0.15) is 26.7 Å². The van der Waals surface area contributed by atoms with Gasteiger partial charge in [0, 0.05) is 24.7 Å². The molecule has 1 aromatic rings. The smallest absolute Gasteiger partial charge is 0.329 e. The van der Waals surface area contributed by atoms with Gasteiger partial charge in [-0.05, 0) is 38.8 Å². The van der Waals surface area contributed by atoms with Gasteiger partial charge < -0.3 is 20.1 Å². The van der Waals surface area contributed by atoms with E-state index in [4.69, 9.17) is 9.84 Å². The van der Waals surface area contributed by atoms with E-state index >= 15 is 0 Å². The fraction of sp³-hybridized carbons (Fsp3) is 0.471. The summed E-state index contributed by atoms with van der Waals surface area (Å²) in [6.07, 6.45) is 1.84. The molecule has 1 saturated carbocycles. The van der Waals surface area contributed by atoms with Crippen LogP contribution in [-0.4, -0.2) is 47.0 Å². The van der Waals surface area contributed by atoms with E-state index in [9.17, 15) is 14.4 Å². The third-order valence-electron chi connectivity index (χ3n) is 4.15. The zero-order chi connectivity index (χ0) is 17.9. The van der Waals surface area contributed by atoms with E-state index in [1.165, 1.54) is 20.9 Å². The number of amides is 2. The topological polar surface area (TPSA) is 95.9 Å². The van der Waals surface area contributed by atoms with Crippen LogP contribution in [0.15, 0.2) is 24.3 Å². The second kappa shape index (κ2) is 6.90. The number of carbonyl (C=O) groups is 3. The molecule has 2 rings (SSSR count). The number of hydrogen-bond acceptors (Lipinski definition) is 4. The van der Waals surface area contributed by atoms with E-state index in [0.717, 1.165) is 17.7 Å². The number of carbonyl (C=O) groups excluding carboxylic acids is 2. The highest BCUT2D eigenvalue weighted by molar-refractivity contribution is 5.94. The van der Waals surface area contributed by atoms with Gasteiger partial charge >= 0.3 is 5.97 Å². The van der Waals surface area contributed by atoms with Crippen LogP contribution >= 0.6 is 0 Å². The van der Waals surface area contributed by atoms with Crippen molar-refractivity contribution in [2.45, 2.75) is 32.2 Å². The first-order valence-corrected chi connectivity index (χ1v) is 7.75. The molecule has 24 heavy (non-hydrogen) atoms. The maximum Gasteiger partial charge on any atom is 0.329 e. The third-order valence-corrected chi connectivity index (χ3v) is 4.15. The van der Waals surface area contributed by atoms with Crippen LogP contribution < -0.4 is 10.1 Å². The van der Waals surface area contributed by atoms with Gasteiger partial charge in [0.1, 0.15) is 11.3 Å². The molecular formula is C17H22N2O5. The number of benzene rings is 1. The summed E-state index contributed by atoms with van der Waals surface area (Å²) in [6.45, 7) is 2.61. The molecule has 7 heteroatoms. The van der Waals surface area contributed by atoms with Crippen molar-refractivity contribution < 1.29 is 24.2 Å². The van der Waals surface area contributed by atoms with Crippen molar-refractivity contribution in [1.82, 2.24) is 4.90 Å². The number of aliphatic carboxylic acids is 1. The lowest BCUT2D eigenvalue weighted by Crippen LogP contribution is -2.52. The fourth-order valence-electron chi connectivity index (χ4n) is 1.95. The van der Waals surface area contributed by atoms with E-state index in [0.29, 0.717) is 11.4 Å². The second-order valence-corrected chi connectivity index (χ2v) is 6.40. The maximum absolute atomic E-state index is 12.1. The Morgan fingerprint density at radius 2 is 2.00 bits per heavy atom. The lowest BCUT2D eigenvalue weighted by Gasteiger charge is -2.31. The first-order valence-electron chi connectivity index (χ1n) is 7.75. The summed E-state index contributed by atoms with van der Waals surface area (Å²) in [5.41, 5.74) is -0.711. The van der Waals surface area contributed by atoms with Gasteiger partial charge in [-0.1, -0.05) is 6.07 Å². The Bertz CT molecular complexity index is 652. The van der Waals surface area contributed by atoms with Crippen LogP contribution in [0.5, 0.6) is 5.75 Å². The number of carboxylic acids is 1. The van der Waals surface area contributed by atoms with E-state index in [2.05, 4.69) is 5.32 Å². The quantitative estimate of drug-likeness (QED) is 0.792. The zero-order valence-corrected chi connectivity index (χ0v) is 14.0. The van der Waals surface area contributed by atoms with E-state index in [1.807, 2.05) is 0 Å². The molecule has 0 saturated heterocycles. The zero-order valence-electron chi connectivity index (χ0n) is 14.0. The van der Waals surface area contributed by atoms with Gasteiger partial charge in [-0.15, -0.1) is 0 Å². The summed E-state index contributed by atoms with van der Waals surface area (Å²) < 4.78 is 5.43. The Balaban J connectivity index is 1.92. The van der Waals surface area contributed by atoms with Crippen LogP contribution in [0.3, 0.4) is 0 Å². The number of rotatable bonds is 7. The monoisotopic (exact) mass is 334 g/mol. The third kappa shape index (κ3) is 4.24. The summed E-state index contributed by atoms with van der Waals surface area (Å²) in [5, 5.41) is 11.9. The Morgan fingerprint density at radius 3 is 2.58 bits per heavy atom. The van der Waals surface area contributed by atoms with E-state index in [1.54, 1.807) is 24.3 Å². The Morgan fingerprint density at radius 1 is 1.33 bits per heavy atom. The molecule has 0 radical (unpaired) electrons. The minimum absolute atomic E-state index is 0.00818. The van der Waals surface area contributed by atoms with Crippen molar-refractivity contribution >= 4 is 23.5 Å². The van der Waals surface area contributed by atoms with E-state index < -0.39 is 17.4 Å². The Kier molecular flexibility index (Phi) is 5.11. The highest BCUT2D eigenvalue weighted by Crippen LogP contribution is 2.30. The molecule has 0 atom stereocenters. The highest BCUT2D eigenvalue weighted by Gasteiger charge is 2.35. The highest BCUT2D eigenvalue weighted by atomic mass is 16.5. The lowest BCUT2D eigenvalue weighted by molar-refractivity contribution is -0.156. The SMILES string of the molecule is CN(C(=O)COc1cccc(NC(=O)C2CC2)c1)C(C)(C)C(=O)O. The maximum atomic E-state index is 12.1. The molecule has 0 aliphatic heterocycles. The Labute approximate surface area is 140 Å². The molecule has 1 aromatic carbocycles.